The molecule has 0 aliphatic heterocycles. The van der Waals surface area contributed by atoms with Crippen molar-refractivity contribution in [3.05, 3.63) is 58.1 Å². The van der Waals surface area contributed by atoms with E-state index in [9.17, 15) is 14.4 Å². The highest BCUT2D eigenvalue weighted by molar-refractivity contribution is 6.39. The number of benzene rings is 2. The minimum Gasteiger partial charge on any atom is -0.465 e. The lowest BCUT2D eigenvalue weighted by Crippen LogP contribution is -2.38. The molecule has 2 amide bonds. The van der Waals surface area contributed by atoms with E-state index in [-0.39, 0.29) is 24.9 Å². The third-order valence-electron chi connectivity index (χ3n) is 3.98. The lowest BCUT2D eigenvalue weighted by molar-refractivity contribution is -0.119. The van der Waals surface area contributed by atoms with Gasteiger partial charge in [-0.2, -0.15) is 0 Å². The molecule has 0 bridgehead atoms. The van der Waals surface area contributed by atoms with Gasteiger partial charge in [0.05, 0.1) is 41.5 Å². The van der Waals surface area contributed by atoms with Gasteiger partial charge in [0.25, 0.3) is 0 Å². The maximum Gasteiger partial charge on any atom is 0.337 e. The van der Waals surface area contributed by atoms with Gasteiger partial charge >= 0.3 is 5.97 Å². The Labute approximate surface area is 178 Å². The number of carbonyl (C=O) groups is 3. The summed E-state index contributed by atoms with van der Waals surface area (Å²) in [6, 6.07) is 11.3. The number of carbonyl (C=O) groups excluding carboxylic acids is 3. The lowest BCUT2D eigenvalue weighted by Gasteiger charge is -2.20. The van der Waals surface area contributed by atoms with Crippen molar-refractivity contribution < 1.29 is 19.1 Å². The molecule has 0 saturated carbocycles. The highest BCUT2D eigenvalue weighted by Gasteiger charge is 2.16. The first-order valence-electron chi connectivity index (χ1n) is 8.78. The van der Waals surface area contributed by atoms with Crippen LogP contribution in [0.2, 0.25) is 10.0 Å². The number of methoxy groups -OCH3 is 1. The second-order valence-corrected chi connectivity index (χ2v) is 6.88. The standard InChI is InChI=1S/C20H21Cl2N3O4/c1-3-25(12-18(27)24-19-15(21)8-5-9-16(19)22)11-17(26)23-14-7-4-6-13(10-14)20(28)29-2/h4-10H,3,11-12H2,1-2H3,(H,23,26)(H,24,27). The molecule has 0 fully saturated rings. The first-order chi connectivity index (χ1) is 13.8. The topological polar surface area (TPSA) is 87.7 Å². The number of ether oxygens (including phenoxy) is 1. The third kappa shape index (κ3) is 6.74. The molecule has 0 aromatic heterocycles. The van der Waals surface area contributed by atoms with E-state index in [0.717, 1.165) is 0 Å². The zero-order valence-corrected chi connectivity index (χ0v) is 17.5. The van der Waals surface area contributed by atoms with Crippen molar-refractivity contribution in [2.75, 3.05) is 37.4 Å². The Balaban J connectivity index is 1.94. The normalized spacial score (nSPS) is 10.5. The van der Waals surface area contributed by atoms with Gasteiger partial charge in [0.15, 0.2) is 0 Å². The van der Waals surface area contributed by atoms with E-state index in [1.54, 1.807) is 41.3 Å². The average Bonchev–Trinajstić information content (AvgIpc) is 2.69. The summed E-state index contributed by atoms with van der Waals surface area (Å²) in [5.74, 6) is -1.16. The summed E-state index contributed by atoms with van der Waals surface area (Å²) in [5, 5.41) is 6.03. The maximum atomic E-state index is 12.3. The molecule has 0 atom stereocenters. The number of rotatable bonds is 8. The number of para-hydroxylation sites is 1. The van der Waals surface area contributed by atoms with Crippen LogP contribution in [0, 0.1) is 0 Å². The summed E-state index contributed by atoms with van der Waals surface area (Å²) in [7, 11) is 1.29. The van der Waals surface area contributed by atoms with E-state index in [0.29, 0.717) is 33.5 Å². The first-order valence-corrected chi connectivity index (χ1v) is 9.54. The van der Waals surface area contributed by atoms with E-state index >= 15 is 0 Å². The van der Waals surface area contributed by atoms with Gasteiger partial charge in [-0.25, -0.2) is 4.79 Å². The Morgan fingerprint density at radius 2 is 1.55 bits per heavy atom. The van der Waals surface area contributed by atoms with Crippen LogP contribution in [-0.4, -0.2) is 49.4 Å². The largest absolute Gasteiger partial charge is 0.465 e. The Kier molecular flexibility index (Phi) is 8.45. The van der Waals surface area contributed by atoms with Crippen molar-refractivity contribution in [1.82, 2.24) is 4.90 Å². The molecule has 0 aliphatic carbocycles. The number of hydrogen-bond acceptors (Lipinski definition) is 5. The van der Waals surface area contributed by atoms with Gasteiger partial charge < -0.3 is 15.4 Å². The van der Waals surface area contributed by atoms with Gasteiger partial charge in [-0.1, -0.05) is 42.3 Å². The SMILES string of the molecule is CCN(CC(=O)Nc1cccc(C(=O)OC)c1)CC(=O)Nc1c(Cl)cccc1Cl. The number of nitrogens with one attached hydrogen (secondary N) is 2. The third-order valence-corrected chi connectivity index (χ3v) is 4.61. The Hall–Kier alpha value is -2.61. The minimum absolute atomic E-state index is 0.0113. The van der Waals surface area contributed by atoms with Gasteiger partial charge in [0, 0.05) is 5.69 Å². The molecule has 0 heterocycles. The van der Waals surface area contributed by atoms with Crippen LogP contribution in [0.3, 0.4) is 0 Å². The van der Waals surface area contributed by atoms with Gasteiger partial charge in [0.1, 0.15) is 0 Å². The molecule has 2 aromatic carbocycles. The second kappa shape index (κ2) is 10.8. The van der Waals surface area contributed by atoms with Crippen LogP contribution < -0.4 is 10.6 Å². The van der Waals surface area contributed by atoms with E-state index < -0.39 is 5.97 Å². The van der Waals surface area contributed by atoms with Crippen LogP contribution in [0.5, 0.6) is 0 Å². The van der Waals surface area contributed by atoms with E-state index in [4.69, 9.17) is 23.2 Å². The molecule has 0 aliphatic rings. The number of hydrogen-bond donors (Lipinski definition) is 2. The van der Waals surface area contributed by atoms with Crippen molar-refractivity contribution in [1.29, 1.82) is 0 Å². The zero-order valence-electron chi connectivity index (χ0n) is 16.0. The number of halogens is 2. The first kappa shape index (κ1) is 22.7. The number of nitrogens with zero attached hydrogens (tertiary/aromatic N) is 1. The van der Waals surface area contributed by atoms with Crippen LogP contribution >= 0.6 is 23.2 Å². The Morgan fingerprint density at radius 3 is 2.14 bits per heavy atom. The molecule has 2 rings (SSSR count). The summed E-state index contributed by atoms with van der Waals surface area (Å²) in [6.07, 6.45) is 0. The molecule has 29 heavy (non-hydrogen) atoms. The Morgan fingerprint density at radius 1 is 0.966 bits per heavy atom. The van der Waals surface area contributed by atoms with Crippen molar-refractivity contribution in [3.63, 3.8) is 0 Å². The number of esters is 1. The highest BCUT2D eigenvalue weighted by Crippen LogP contribution is 2.29. The monoisotopic (exact) mass is 437 g/mol. The van der Waals surface area contributed by atoms with E-state index in [1.807, 2.05) is 6.92 Å². The van der Waals surface area contributed by atoms with Gasteiger partial charge in [-0.15, -0.1) is 0 Å². The van der Waals surface area contributed by atoms with Crippen molar-refractivity contribution in [2.24, 2.45) is 0 Å². The molecule has 9 heteroatoms. The predicted octanol–water partition coefficient (Wildman–Crippen LogP) is 3.68. The van der Waals surface area contributed by atoms with E-state index in [2.05, 4.69) is 15.4 Å². The predicted molar refractivity (Wildman–Crippen MR) is 114 cm³/mol. The van der Waals surface area contributed by atoms with Gasteiger partial charge in [0.2, 0.25) is 11.8 Å². The fourth-order valence-electron chi connectivity index (χ4n) is 2.52. The summed E-state index contributed by atoms with van der Waals surface area (Å²) in [6.45, 7) is 2.27. The molecular formula is C20H21Cl2N3O4. The zero-order chi connectivity index (χ0) is 21.4. The minimum atomic E-state index is -0.494. The van der Waals surface area contributed by atoms with E-state index in [1.165, 1.54) is 13.2 Å². The summed E-state index contributed by atoms with van der Waals surface area (Å²) < 4.78 is 4.66. The number of amides is 2. The Bertz CT molecular complexity index is 885. The highest BCUT2D eigenvalue weighted by atomic mass is 35.5. The number of anilines is 2. The van der Waals surface area contributed by atoms with Gasteiger partial charge in [-0.05, 0) is 36.9 Å². The van der Waals surface area contributed by atoms with Crippen LogP contribution in [0.1, 0.15) is 17.3 Å². The van der Waals surface area contributed by atoms with Crippen molar-refractivity contribution in [3.8, 4) is 0 Å². The molecule has 7 nitrogen and oxygen atoms in total. The average molecular weight is 438 g/mol. The molecule has 0 unspecified atom stereocenters. The lowest BCUT2D eigenvalue weighted by atomic mass is 10.2. The summed E-state index contributed by atoms with van der Waals surface area (Å²) in [5.41, 5.74) is 1.12. The molecular weight excluding hydrogens is 417 g/mol. The second-order valence-electron chi connectivity index (χ2n) is 6.07. The molecule has 2 N–H and O–H groups in total. The molecule has 0 saturated heterocycles. The smallest absolute Gasteiger partial charge is 0.337 e. The molecule has 154 valence electrons. The van der Waals surface area contributed by atoms with Crippen LogP contribution in [0.25, 0.3) is 0 Å². The summed E-state index contributed by atoms with van der Waals surface area (Å²) in [4.78, 5) is 37.9. The molecule has 2 aromatic rings. The van der Waals surface area contributed by atoms with Crippen LogP contribution in [0.4, 0.5) is 11.4 Å². The fraction of sp³-hybridized carbons (Fsp3) is 0.250. The van der Waals surface area contributed by atoms with Crippen LogP contribution in [0.15, 0.2) is 42.5 Å². The number of likely N-dealkylation sites (N-methyl/N-ethyl adjacent to an activating group) is 1. The quantitative estimate of drug-likeness (QED) is 0.614. The van der Waals surface area contributed by atoms with Gasteiger partial charge in [-0.3, -0.25) is 14.5 Å². The fourth-order valence-corrected chi connectivity index (χ4v) is 3.02. The summed E-state index contributed by atoms with van der Waals surface area (Å²) >= 11 is 12.1. The van der Waals surface area contributed by atoms with Crippen molar-refractivity contribution >= 4 is 52.4 Å². The molecule has 0 radical (unpaired) electrons. The van der Waals surface area contributed by atoms with Crippen LogP contribution in [-0.2, 0) is 14.3 Å². The van der Waals surface area contributed by atoms with Crippen molar-refractivity contribution in [2.45, 2.75) is 6.92 Å². The maximum absolute atomic E-state index is 12.3. The molecule has 0 spiro atoms.